The van der Waals surface area contributed by atoms with Crippen LogP contribution in [0.4, 0.5) is 11.4 Å². The van der Waals surface area contributed by atoms with Gasteiger partial charge in [-0.05, 0) is 37.7 Å². The first-order chi connectivity index (χ1) is 9.94. The summed E-state index contributed by atoms with van der Waals surface area (Å²) in [6.45, 7) is 2.07. The van der Waals surface area contributed by atoms with Crippen LogP contribution < -0.4 is 10.6 Å². The first-order valence-corrected chi connectivity index (χ1v) is 7.95. The fourth-order valence-electron chi connectivity index (χ4n) is 2.51. The van der Waals surface area contributed by atoms with Gasteiger partial charge in [0.15, 0.2) is 0 Å². The molecule has 1 aliphatic rings. The van der Waals surface area contributed by atoms with Gasteiger partial charge < -0.3 is 15.7 Å². The van der Waals surface area contributed by atoms with Crippen molar-refractivity contribution in [2.45, 2.75) is 30.9 Å². The van der Waals surface area contributed by atoms with E-state index in [1.165, 1.54) is 4.90 Å². The van der Waals surface area contributed by atoms with Crippen LogP contribution >= 0.6 is 11.8 Å². The van der Waals surface area contributed by atoms with Gasteiger partial charge in [-0.2, -0.15) is 0 Å². The quantitative estimate of drug-likeness (QED) is 0.816. The molecule has 0 spiro atoms. The molecule has 1 aliphatic heterocycles. The Labute approximate surface area is 128 Å². The van der Waals surface area contributed by atoms with Crippen molar-refractivity contribution in [3.63, 3.8) is 0 Å². The summed E-state index contributed by atoms with van der Waals surface area (Å²) in [5, 5.41) is 8.92. The Morgan fingerprint density at radius 2 is 2.14 bits per heavy atom. The lowest BCUT2D eigenvalue weighted by molar-refractivity contribution is -0.136. The highest BCUT2D eigenvalue weighted by Gasteiger charge is 2.40. The Morgan fingerprint density at radius 1 is 1.43 bits per heavy atom. The minimum absolute atomic E-state index is 0.0517. The van der Waals surface area contributed by atoms with E-state index in [9.17, 15) is 9.59 Å². The Balaban J connectivity index is 2.29. The first kappa shape index (κ1) is 15.7. The summed E-state index contributed by atoms with van der Waals surface area (Å²) in [7, 11) is 0. The molecule has 1 amide bonds. The van der Waals surface area contributed by atoms with Crippen LogP contribution in [-0.2, 0) is 9.59 Å². The predicted molar refractivity (Wildman–Crippen MR) is 85.6 cm³/mol. The molecule has 6 heteroatoms. The summed E-state index contributed by atoms with van der Waals surface area (Å²) < 4.78 is -0.485. The normalized spacial score (nSPS) is 21.2. The van der Waals surface area contributed by atoms with Crippen molar-refractivity contribution in [1.82, 2.24) is 0 Å². The number of amides is 1. The highest BCUT2D eigenvalue weighted by Crippen LogP contribution is 2.40. The maximum atomic E-state index is 12.9. The molecule has 1 unspecified atom stereocenters. The smallest absolute Gasteiger partial charge is 0.305 e. The third-order valence-electron chi connectivity index (χ3n) is 3.69. The average Bonchev–Trinajstić information content (AvgIpc) is 2.88. The lowest BCUT2D eigenvalue weighted by Gasteiger charge is -2.31. The lowest BCUT2D eigenvalue weighted by Crippen LogP contribution is -2.45. The van der Waals surface area contributed by atoms with E-state index in [1.807, 2.05) is 6.92 Å². The van der Waals surface area contributed by atoms with Crippen molar-refractivity contribution in [3.8, 4) is 0 Å². The maximum absolute atomic E-state index is 12.9. The predicted octanol–water partition coefficient (Wildman–Crippen LogP) is 2.36. The zero-order chi connectivity index (χ0) is 15.5. The van der Waals surface area contributed by atoms with Gasteiger partial charge in [0.2, 0.25) is 5.91 Å². The number of thioether (sulfide) groups is 1. The van der Waals surface area contributed by atoms with Crippen molar-refractivity contribution >= 4 is 35.0 Å². The maximum Gasteiger partial charge on any atom is 0.305 e. The van der Waals surface area contributed by atoms with Gasteiger partial charge in [-0.1, -0.05) is 12.1 Å². The van der Waals surface area contributed by atoms with E-state index >= 15 is 0 Å². The molecule has 1 fully saturated rings. The summed E-state index contributed by atoms with van der Waals surface area (Å²) in [5.41, 5.74) is 7.04. The van der Waals surface area contributed by atoms with Crippen molar-refractivity contribution in [2.75, 3.05) is 22.9 Å². The topological polar surface area (TPSA) is 83.6 Å². The van der Waals surface area contributed by atoms with Crippen LogP contribution in [0.1, 0.15) is 26.2 Å². The molecule has 0 aromatic heterocycles. The molecule has 0 aliphatic carbocycles. The Morgan fingerprint density at radius 3 is 2.71 bits per heavy atom. The second-order valence-electron chi connectivity index (χ2n) is 5.34. The Bertz CT molecular complexity index is 541. The third kappa shape index (κ3) is 3.50. The molecular formula is C15H20N2O3S. The number of nitrogens with two attached hydrogens (primary N) is 1. The number of benzene rings is 1. The van der Waals surface area contributed by atoms with Crippen LogP contribution in [0.2, 0.25) is 0 Å². The van der Waals surface area contributed by atoms with Crippen LogP contribution in [0.15, 0.2) is 24.3 Å². The van der Waals surface area contributed by atoms with Gasteiger partial charge in [0.05, 0.1) is 22.5 Å². The number of nitrogen functional groups attached to an aromatic ring is 1. The van der Waals surface area contributed by atoms with E-state index in [0.29, 0.717) is 11.4 Å². The number of carboxylic acid groups (broad SMARTS) is 1. The summed E-state index contributed by atoms with van der Waals surface area (Å²) in [6, 6.07) is 7.08. The second-order valence-corrected chi connectivity index (χ2v) is 6.94. The molecule has 1 aromatic rings. The van der Waals surface area contributed by atoms with Gasteiger partial charge in [0.25, 0.3) is 0 Å². The second kappa shape index (κ2) is 6.39. The monoisotopic (exact) mass is 308 g/mol. The number of aliphatic carboxylic acids is 1. The highest BCUT2D eigenvalue weighted by atomic mass is 32.2. The zero-order valence-electron chi connectivity index (χ0n) is 12.0. The van der Waals surface area contributed by atoms with Crippen LogP contribution in [0.3, 0.4) is 0 Å². The summed E-state index contributed by atoms with van der Waals surface area (Å²) in [6.07, 6.45) is 1.72. The molecule has 0 bridgehead atoms. The van der Waals surface area contributed by atoms with E-state index < -0.39 is 10.7 Å². The zero-order valence-corrected chi connectivity index (χ0v) is 12.9. The van der Waals surface area contributed by atoms with Crippen LogP contribution in [0.5, 0.6) is 0 Å². The van der Waals surface area contributed by atoms with Crippen LogP contribution in [0.25, 0.3) is 0 Å². The lowest BCUT2D eigenvalue weighted by atomic mass is 10.0. The molecule has 1 aromatic carbocycles. The number of hydrogen-bond acceptors (Lipinski definition) is 4. The standard InChI is InChI=1S/C15H20N2O3S/c1-15(8-4-10-21-15)14(20)17(9-7-13(18)19)12-6-3-2-5-11(12)16/h2-3,5-6H,4,7-10,16H2,1H3,(H,18,19). The molecule has 1 saturated heterocycles. The van der Waals surface area contributed by atoms with Gasteiger partial charge in [0.1, 0.15) is 0 Å². The largest absolute Gasteiger partial charge is 0.481 e. The van der Waals surface area contributed by atoms with Gasteiger partial charge in [-0.3, -0.25) is 9.59 Å². The van der Waals surface area contributed by atoms with Gasteiger partial charge in [-0.15, -0.1) is 11.8 Å². The average molecular weight is 308 g/mol. The number of rotatable bonds is 5. The van der Waals surface area contributed by atoms with Crippen LogP contribution in [0, 0.1) is 0 Å². The fraction of sp³-hybridized carbons (Fsp3) is 0.467. The number of nitrogens with zero attached hydrogens (tertiary/aromatic N) is 1. The van der Waals surface area contributed by atoms with Gasteiger partial charge >= 0.3 is 5.97 Å². The van der Waals surface area contributed by atoms with E-state index in [1.54, 1.807) is 36.0 Å². The summed E-state index contributed by atoms with van der Waals surface area (Å²) in [5.74, 6) is -0.0186. The van der Waals surface area contributed by atoms with Crippen molar-refractivity contribution in [2.24, 2.45) is 0 Å². The molecule has 0 saturated carbocycles. The molecule has 0 radical (unpaired) electrons. The molecule has 3 N–H and O–H groups in total. The SMILES string of the molecule is CC1(C(=O)N(CCC(=O)O)c2ccccc2N)CCCS1. The summed E-state index contributed by atoms with van der Waals surface area (Å²) >= 11 is 1.64. The number of hydrogen-bond donors (Lipinski definition) is 2. The number of anilines is 2. The number of carbonyl (C=O) groups is 2. The van der Waals surface area contributed by atoms with Crippen molar-refractivity contribution < 1.29 is 14.7 Å². The molecule has 5 nitrogen and oxygen atoms in total. The van der Waals surface area contributed by atoms with Crippen molar-refractivity contribution in [3.05, 3.63) is 24.3 Å². The van der Waals surface area contributed by atoms with Gasteiger partial charge in [0, 0.05) is 6.54 Å². The molecule has 1 atom stereocenters. The van der Waals surface area contributed by atoms with E-state index in [4.69, 9.17) is 10.8 Å². The minimum atomic E-state index is -0.925. The van der Waals surface area contributed by atoms with E-state index in [-0.39, 0.29) is 18.9 Å². The number of para-hydroxylation sites is 2. The van der Waals surface area contributed by atoms with E-state index in [0.717, 1.165) is 18.6 Å². The minimum Gasteiger partial charge on any atom is -0.481 e. The molecular weight excluding hydrogens is 288 g/mol. The van der Waals surface area contributed by atoms with Crippen LogP contribution in [-0.4, -0.2) is 34.0 Å². The first-order valence-electron chi connectivity index (χ1n) is 6.96. The molecule has 2 rings (SSSR count). The van der Waals surface area contributed by atoms with Crippen molar-refractivity contribution in [1.29, 1.82) is 0 Å². The van der Waals surface area contributed by atoms with E-state index in [2.05, 4.69) is 0 Å². The Hall–Kier alpha value is -1.69. The highest BCUT2D eigenvalue weighted by molar-refractivity contribution is 8.01. The third-order valence-corrected chi connectivity index (χ3v) is 5.20. The number of carbonyl (C=O) groups excluding carboxylic acids is 1. The summed E-state index contributed by atoms with van der Waals surface area (Å²) in [4.78, 5) is 25.3. The number of carboxylic acids is 1. The fourth-order valence-corrected chi connectivity index (χ4v) is 3.77. The van der Waals surface area contributed by atoms with Gasteiger partial charge in [-0.25, -0.2) is 0 Å². The molecule has 21 heavy (non-hydrogen) atoms. The Kier molecular flexibility index (Phi) is 4.77. The molecule has 114 valence electrons. The molecule has 1 heterocycles.